The molecule has 0 radical (unpaired) electrons. The Morgan fingerprint density at radius 1 is 1.19 bits per heavy atom. The molecule has 0 aromatic carbocycles. The monoisotopic (exact) mass is 290 g/mol. The number of hydrogen-bond acceptors (Lipinski definition) is 3. The molecule has 21 heavy (non-hydrogen) atoms. The molecule has 0 spiro atoms. The van der Waals surface area contributed by atoms with E-state index in [1.807, 2.05) is 0 Å². The highest BCUT2D eigenvalue weighted by Gasteiger charge is 2.18. The summed E-state index contributed by atoms with van der Waals surface area (Å²) in [5.41, 5.74) is 1.19. The van der Waals surface area contributed by atoms with Gasteiger partial charge in [0.15, 0.2) is 0 Å². The average molecular weight is 290 g/mol. The Labute approximate surface area is 128 Å². The molecule has 2 heterocycles. The summed E-state index contributed by atoms with van der Waals surface area (Å²) in [5.74, 6) is 0. The summed E-state index contributed by atoms with van der Waals surface area (Å²) in [6.07, 6.45) is 11.7. The molecule has 2 fully saturated rings. The molecule has 1 aliphatic carbocycles. The third kappa shape index (κ3) is 4.07. The van der Waals surface area contributed by atoms with Crippen LogP contribution in [0, 0.1) is 0 Å². The molecule has 4 nitrogen and oxygen atoms in total. The first kappa shape index (κ1) is 15.0. The van der Waals surface area contributed by atoms with Crippen LogP contribution in [0.25, 0.3) is 0 Å². The van der Waals surface area contributed by atoms with Gasteiger partial charge in [0.25, 0.3) is 0 Å². The largest absolute Gasteiger partial charge is 0.310 e. The van der Waals surface area contributed by atoms with Crippen molar-refractivity contribution in [2.24, 2.45) is 0 Å². The summed E-state index contributed by atoms with van der Waals surface area (Å²) < 4.78 is 2.21. The highest BCUT2D eigenvalue weighted by Crippen LogP contribution is 2.27. The number of nitrogens with zero attached hydrogens (tertiary/aromatic N) is 3. The molecule has 0 bridgehead atoms. The third-order valence-electron chi connectivity index (χ3n) is 5.12. The van der Waals surface area contributed by atoms with Gasteiger partial charge in [0.2, 0.25) is 0 Å². The SMILES string of the molecule is CC(CNCc1ccn(C2CCCCC2)n1)N1CCCC1. The summed E-state index contributed by atoms with van der Waals surface area (Å²) in [5, 5.41) is 8.35. The Balaban J connectivity index is 1.42. The van der Waals surface area contributed by atoms with Crippen molar-refractivity contribution in [2.75, 3.05) is 19.6 Å². The lowest BCUT2D eigenvalue weighted by molar-refractivity contribution is 0.251. The zero-order valence-corrected chi connectivity index (χ0v) is 13.4. The van der Waals surface area contributed by atoms with Gasteiger partial charge < -0.3 is 5.32 Å². The average Bonchev–Trinajstić information content (AvgIpc) is 3.20. The first-order chi connectivity index (χ1) is 10.3. The second-order valence-corrected chi connectivity index (χ2v) is 6.80. The van der Waals surface area contributed by atoms with Crippen molar-refractivity contribution < 1.29 is 0 Å². The molecule has 2 aliphatic rings. The number of likely N-dealkylation sites (tertiary alicyclic amines) is 1. The third-order valence-corrected chi connectivity index (χ3v) is 5.12. The van der Waals surface area contributed by atoms with Crippen LogP contribution < -0.4 is 5.32 Å². The van der Waals surface area contributed by atoms with Gasteiger partial charge in [-0.2, -0.15) is 5.10 Å². The van der Waals surface area contributed by atoms with Crippen molar-refractivity contribution in [3.8, 4) is 0 Å². The van der Waals surface area contributed by atoms with Crippen LogP contribution in [0.4, 0.5) is 0 Å². The fraction of sp³-hybridized carbons (Fsp3) is 0.824. The van der Waals surface area contributed by atoms with E-state index in [1.54, 1.807) is 0 Å². The maximum Gasteiger partial charge on any atom is 0.0762 e. The Bertz CT molecular complexity index is 416. The van der Waals surface area contributed by atoms with E-state index in [0.29, 0.717) is 12.1 Å². The van der Waals surface area contributed by atoms with Crippen molar-refractivity contribution in [1.29, 1.82) is 0 Å². The zero-order valence-electron chi connectivity index (χ0n) is 13.4. The van der Waals surface area contributed by atoms with Gasteiger partial charge in [-0.3, -0.25) is 9.58 Å². The molecule has 118 valence electrons. The molecule has 1 aliphatic heterocycles. The number of aromatic nitrogens is 2. The van der Waals surface area contributed by atoms with Crippen LogP contribution in [0.15, 0.2) is 12.3 Å². The predicted octanol–water partition coefficient (Wildman–Crippen LogP) is 2.96. The van der Waals surface area contributed by atoms with Crippen LogP contribution in [0.2, 0.25) is 0 Å². The highest BCUT2D eigenvalue weighted by molar-refractivity contribution is 4.99. The van der Waals surface area contributed by atoms with Gasteiger partial charge in [0.1, 0.15) is 0 Å². The first-order valence-electron chi connectivity index (χ1n) is 8.82. The molecule has 1 saturated heterocycles. The first-order valence-corrected chi connectivity index (χ1v) is 8.82. The Morgan fingerprint density at radius 2 is 1.95 bits per heavy atom. The number of nitrogens with one attached hydrogen (secondary N) is 1. The van der Waals surface area contributed by atoms with E-state index in [-0.39, 0.29) is 0 Å². The van der Waals surface area contributed by atoms with Crippen molar-refractivity contribution in [3.63, 3.8) is 0 Å². The van der Waals surface area contributed by atoms with Crippen LogP contribution in [-0.4, -0.2) is 40.4 Å². The van der Waals surface area contributed by atoms with E-state index in [2.05, 4.69) is 34.1 Å². The fourth-order valence-corrected chi connectivity index (χ4v) is 3.74. The zero-order chi connectivity index (χ0) is 14.5. The molecule has 1 unspecified atom stereocenters. The normalized spacial score (nSPS) is 22.7. The summed E-state index contributed by atoms with van der Waals surface area (Å²) in [4.78, 5) is 2.59. The molecule has 1 N–H and O–H groups in total. The highest BCUT2D eigenvalue weighted by atomic mass is 15.3. The van der Waals surface area contributed by atoms with Gasteiger partial charge in [-0.05, 0) is 51.8 Å². The van der Waals surface area contributed by atoms with Gasteiger partial charge >= 0.3 is 0 Å². The molecular formula is C17H30N4. The van der Waals surface area contributed by atoms with Crippen LogP contribution in [0.1, 0.15) is 63.6 Å². The van der Waals surface area contributed by atoms with Crippen molar-refractivity contribution in [2.45, 2.75) is 70.5 Å². The van der Waals surface area contributed by atoms with Crippen molar-refractivity contribution in [1.82, 2.24) is 20.0 Å². The minimum atomic E-state index is 0.646. The van der Waals surface area contributed by atoms with Gasteiger partial charge in [-0.25, -0.2) is 0 Å². The molecule has 1 atom stereocenters. The second-order valence-electron chi connectivity index (χ2n) is 6.80. The van der Waals surface area contributed by atoms with Gasteiger partial charge in [0.05, 0.1) is 11.7 Å². The lowest BCUT2D eigenvalue weighted by Gasteiger charge is -2.23. The summed E-state index contributed by atoms with van der Waals surface area (Å²) in [6.45, 7) is 6.85. The van der Waals surface area contributed by atoms with Crippen molar-refractivity contribution in [3.05, 3.63) is 18.0 Å². The van der Waals surface area contributed by atoms with Gasteiger partial charge in [-0.1, -0.05) is 19.3 Å². The van der Waals surface area contributed by atoms with Crippen molar-refractivity contribution >= 4 is 0 Å². The van der Waals surface area contributed by atoms with E-state index in [0.717, 1.165) is 13.1 Å². The molecule has 3 rings (SSSR count). The smallest absolute Gasteiger partial charge is 0.0762 e. The molecular weight excluding hydrogens is 260 g/mol. The molecule has 1 saturated carbocycles. The standard InChI is InChI=1S/C17H30N4/c1-15(20-10-5-6-11-20)13-18-14-16-9-12-21(19-16)17-7-3-2-4-8-17/h9,12,15,17-18H,2-8,10-11,13-14H2,1H3. The van der Waals surface area contributed by atoms with E-state index in [9.17, 15) is 0 Å². The minimum Gasteiger partial charge on any atom is -0.310 e. The van der Waals surface area contributed by atoms with Crippen LogP contribution in [-0.2, 0) is 6.54 Å². The summed E-state index contributed by atoms with van der Waals surface area (Å²) in [7, 11) is 0. The molecule has 1 aromatic rings. The van der Waals surface area contributed by atoms with Crippen LogP contribution in [0.5, 0.6) is 0 Å². The molecule has 1 aromatic heterocycles. The van der Waals surface area contributed by atoms with E-state index in [1.165, 1.54) is 63.7 Å². The topological polar surface area (TPSA) is 33.1 Å². The quantitative estimate of drug-likeness (QED) is 0.874. The van der Waals surface area contributed by atoms with Gasteiger partial charge in [0, 0.05) is 25.3 Å². The Hall–Kier alpha value is -0.870. The predicted molar refractivity (Wildman–Crippen MR) is 86.3 cm³/mol. The number of hydrogen-bond donors (Lipinski definition) is 1. The maximum atomic E-state index is 4.77. The van der Waals surface area contributed by atoms with Crippen LogP contribution in [0.3, 0.4) is 0 Å². The lowest BCUT2D eigenvalue weighted by atomic mass is 9.96. The van der Waals surface area contributed by atoms with E-state index in [4.69, 9.17) is 5.10 Å². The summed E-state index contributed by atoms with van der Waals surface area (Å²) >= 11 is 0. The maximum absolute atomic E-state index is 4.77. The van der Waals surface area contributed by atoms with E-state index < -0.39 is 0 Å². The fourth-order valence-electron chi connectivity index (χ4n) is 3.74. The molecule has 4 heteroatoms. The van der Waals surface area contributed by atoms with Gasteiger partial charge in [-0.15, -0.1) is 0 Å². The number of rotatable bonds is 6. The minimum absolute atomic E-state index is 0.646. The molecule has 0 amide bonds. The summed E-state index contributed by atoms with van der Waals surface area (Å²) in [6, 6.07) is 3.48. The second kappa shape index (κ2) is 7.41. The Morgan fingerprint density at radius 3 is 2.71 bits per heavy atom. The lowest BCUT2D eigenvalue weighted by Crippen LogP contribution is -2.38. The van der Waals surface area contributed by atoms with Crippen LogP contribution >= 0.6 is 0 Å². The van der Waals surface area contributed by atoms with E-state index >= 15 is 0 Å². The Kier molecular flexibility index (Phi) is 5.31.